The molecule has 0 saturated heterocycles. The van der Waals surface area contributed by atoms with Gasteiger partial charge in [0.2, 0.25) is 0 Å². The summed E-state index contributed by atoms with van der Waals surface area (Å²) in [7, 11) is 3.28. The number of hydrogen-bond donors (Lipinski definition) is 2. The Bertz CT molecular complexity index is 687. The second-order valence-corrected chi connectivity index (χ2v) is 6.10. The van der Waals surface area contributed by atoms with Gasteiger partial charge in [0.15, 0.2) is 16.6 Å². The van der Waals surface area contributed by atoms with Crippen LogP contribution in [0.1, 0.15) is 17.7 Å². The van der Waals surface area contributed by atoms with Crippen molar-refractivity contribution in [2.24, 2.45) is 0 Å². The van der Waals surface area contributed by atoms with Crippen LogP contribution in [-0.2, 0) is 13.0 Å². The molecule has 25 heavy (non-hydrogen) atoms. The van der Waals surface area contributed by atoms with Crippen LogP contribution in [0.15, 0.2) is 30.5 Å². The minimum Gasteiger partial charge on any atom is -0.493 e. The number of rotatable bonds is 9. The molecule has 0 atom stereocenters. The van der Waals surface area contributed by atoms with Crippen molar-refractivity contribution >= 4 is 17.3 Å². The molecule has 136 valence electrons. The van der Waals surface area contributed by atoms with Crippen LogP contribution >= 0.6 is 12.2 Å². The second-order valence-electron chi connectivity index (χ2n) is 5.70. The van der Waals surface area contributed by atoms with Gasteiger partial charge in [-0.2, -0.15) is 5.10 Å². The first kappa shape index (κ1) is 19.1. The first-order valence-corrected chi connectivity index (χ1v) is 8.76. The van der Waals surface area contributed by atoms with Gasteiger partial charge < -0.3 is 20.1 Å². The van der Waals surface area contributed by atoms with Gasteiger partial charge >= 0.3 is 0 Å². The number of hydrogen-bond acceptors (Lipinski definition) is 4. The summed E-state index contributed by atoms with van der Waals surface area (Å²) in [5.74, 6) is 1.48. The highest BCUT2D eigenvalue weighted by Gasteiger charge is 2.04. The van der Waals surface area contributed by atoms with Crippen molar-refractivity contribution < 1.29 is 9.47 Å². The number of aryl methyl sites for hydroxylation is 2. The van der Waals surface area contributed by atoms with Crippen molar-refractivity contribution in [1.82, 2.24) is 20.4 Å². The van der Waals surface area contributed by atoms with Crippen molar-refractivity contribution in [2.45, 2.75) is 26.3 Å². The van der Waals surface area contributed by atoms with Gasteiger partial charge in [0.1, 0.15) is 0 Å². The summed E-state index contributed by atoms with van der Waals surface area (Å²) in [5, 5.41) is 11.5. The Morgan fingerprint density at radius 3 is 2.56 bits per heavy atom. The summed E-state index contributed by atoms with van der Waals surface area (Å²) in [5.41, 5.74) is 2.21. The average Bonchev–Trinajstić information content (AvgIpc) is 3.03. The van der Waals surface area contributed by atoms with Crippen molar-refractivity contribution in [2.75, 3.05) is 27.3 Å². The molecule has 1 heterocycles. The molecule has 2 N–H and O–H groups in total. The van der Waals surface area contributed by atoms with Crippen LogP contribution in [0.3, 0.4) is 0 Å². The molecule has 1 aromatic heterocycles. The summed E-state index contributed by atoms with van der Waals surface area (Å²) in [6.45, 7) is 4.46. The van der Waals surface area contributed by atoms with Gasteiger partial charge in [-0.1, -0.05) is 6.07 Å². The quantitative estimate of drug-likeness (QED) is 0.527. The fraction of sp³-hybridized carbons (Fsp3) is 0.444. The van der Waals surface area contributed by atoms with E-state index in [0.717, 1.165) is 49.7 Å². The molecule has 0 aliphatic heterocycles. The summed E-state index contributed by atoms with van der Waals surface area (Å²) in [6, 6.07) is 7.95. The summed E-state index contributed by atoms with van der Waals surface area (Å²) in [4.78, 5) is 0. The highest BCUT2D eigenvalue weighted by Crippen LogP contribution is 2.27. The van der Waals surface area contributed by atoms with Gasteiger partial charge in [0.05, 0.1) is 19.9 Å². The van der Waals surface area contributed by atoms with E-state index in [1.165, 1.54) is 5.56 Å². The molecule has 2 aromatic rings. The van der Waals surface area contributed by atoms with Crippen LogP contribution in [0.2, 0.25) is 0 Å². The molecule has 7 heteroatoms. The summed E-state index contributed by atoms with van der Waals surface area (Å²) >= 11 is 5.30. The molecule has 0 aliphatic carbocycles. The first-order chi connectivity index (χ1) is 12.1. The lowest BCUT2D eigenvalue weighted by molar-refractivity contribution is 0.354. The molecular weight excluding hydrogens is 336 g/mol. The largest absolute Gasteiger partial charge is 0.493 e. The van der Waals surface area contributed by atoms with E-state index in [0.29, 0.717) is 5.11 Å². The van der Waals surface area contributed by atoms with E-state index in [-0.39, 0.29) is 0 Å². The van der Waals surface area contributed by atoms with Crippen LogP contribution in [0.5, 0.6) is 11.5 Å². The van der Waals surface area contributed by atoms with Gasteiger partial charge in [-0.25, -0.2) is 0 Å². The van der Waals surface area contributed by atoms with E-state index in [1.807, 2.05) is 42.1 Å². The van der Waals surface area contributed by atoms with E-state index in [9.17, 15) is 0 Å². The van der Waals surface area contributed by atoms with E-state index in [2.05, 4.69) is 15.7 Å². The standard InChI is InChI=1S/C18H26N4O2S/c1-14-8-12-22(21-14)11-4-9-19-18(25)20-10-7-15-5-6-16(23-2)17(13-15)24-3/h5-6,8,12-13H,4,7,9-11H2,1-3H3,(H2,19,20,25). The molecular formula is C18H26N4O2S. The number of nitrogens with one attached hydrogen (secondary N) is 2. The van der Waals surface area contributed by atoms with Gasteiger partial charge in [-0.3, -0.25) is 4.68 Å². The normalized spacial score (nSPS) is 10.4. The molecule has 0 saturated carbocycles. The third-order valence-electron chi connectivity index (χ3n) is 3.77. The van der Waals surface area contributed by atoms with Crippen LogP contribution < -0.4 is 20.1 Å². The van der Waals surface area contributed by atoms with Crippen LogP contribution in [0, 0.1) is 6.92 Å². The molecule has 0 amide bonds. The lowest BCUT2D eigenvalue weighted by Gasteiger charge is -2.12. The van der Waals surface area contributed by atoms with Crippen molar-refractivity contribution in [3.63, 3.8) is 0 Å². The van der Waals surface area contributed by atoms with Gasteiger partial charge in [-0.15, -0.1) is 0 Å². The van der Waals surface area contributed by atoms with Crippen LogP contribution in [0.4, 0.5) is 0 Å². The second kappa shape index (κ2) is 9.88. The number of thiocarbonyl (C=S) groups is 1. The van der Waals surface area contributed by atoms with Crippen molar-refractivity contribution in [1.29, 1.82) is 0 Å². The Morgan fingerprint density at radius 2 is 1.88 bits per heavy atom. The number of methoxy groups -OCH3 is 2. The Balaban J connectivity index is 1.63. The molecule has 0 unspecified atom stereocenters. The monoisotopic (exact) mass is 362 g/mol. The van der Waals surface area contributed by atoms with Crippen molar-refractivity contribution in [3.8, 4) is 11.5 Å². The van der Waals surface area contributed by atoms with E-state index in [4.69, 9.17) is 21.7 Å². The molecule has 6 nitrogen and oxygen atoms in total. The summed E-state index contributed by atoms with van der Waals surface area (Å²) < 4.78 is 12.5. The molecule has 1 aromatic carbocycles. The van der Waals surface area contributed by atoms with Gasteiger partial charge in [-0.05, 0) is 55.7 Å². The molecule has 2 rings (SSSR count). The predicted octanol–water partition coefficient (Wildman–Crippen LogP) is 2.31. The number of ether oxygens (including phenoxy) is 2. The Kier molecular flexibility index (Phi) is 7.53. The van der Waals surface area contributed by atoms with Gasteiger partial charge in [0.25, 0.3) is 0 Å². The predicted molar refractivity (Wildman–Crippen MR) is 103 cm³/mol. The topological polar surface area (TPSA) is 60.3 Å². The smallest absolute Gasteiger partial charge is 0.166 e. The maximum atomic E-state index is 5.32. The number of aromatic nitrogens is 2. The lowest BCUT2D eigenvalue weighted by atomic mass is 10.1. The molecule has 0 aliphatic rings. The molecule has 0 bridgehead atoms. The van der Waals surface area contributed by atoms with Crippen molar-refractivity contribution in [3.05, 3.63) is 41.7 Å². The zero-order valence-corrected chi connectivity index (χ0v) is 15.9. The fourth-order valence-electron chi connectivity index (χ4n) is 2.45. The Hall–Kier alpha value is -2.28. The third-order valence-corrected chi connectivity index (χ3v) is 4.06. The lowest BCUT2D eigenvalue weighted by Crippen LogP contribution is -2.37. The third kappa shape index (κ3) is 6.26. The average molecular weight is 362 g/mol. The molecule has 0 fully saturated rings. The van der Waals surface area contributed by atoms with E-state index < -0.39 is 0 Å². The van der Waals surface area contributed by atoms with Gasteiger partial charge in [0, 0.05) is 25.8 Å². The Labute approximate surface area is 154 Å². The van der Waals surface area contributed by atoms with Crippen LogP contribution in [-0.4, -0.2) is 42.2 Å². The van der Waals surface area contributed by atoms with Crippen LogP contribution in [0.25, 0.3) is 0 Å². The molecule has 0 radical (unpaired) electrons. The SMILES string of the molecule is COc1ccc(CCNC(=S)NCCCn2ccc(C)n2)cc1OC. The summed E-state index contributed by atoms with van der Waals surface area (Å²) in [6.07, 6.45) is 3.82. The minimum atomic E-state index is 0.678. The highest BCUT2D eigenvalue weighted by atomic mass is 32.1. The molecule has 0 spiro atoms. The number of nitrogens with zero attached hydrogens (tertiary/aromatic N) is 2. The zero-order chi connectivity index (χ0) is 18.1. The van der Waals surface area contributed by atoms with E-state index in [1.54, 1.807) is 14.2 Å². The fourth-order valence-corrected chi connectivity index (χ4v) is 2.65. The zero-order valence-electron chi connectivity index (χ0n) is 15.0. The maximum absolute atomic E-state index is 5.32. The number of benzene rings is 1. The Morgan fingerprint density at radius 1 is 1.12 bits per heavy atom. The highest BCUT2D eigenvalue weighted by molar-refractivity contribution is 7.80. The first-order valence-electron chi connectivity index (χ1n) is 8.35. The minimum absolute atomic E-state index is 0.678. The maximum Gasteiger partial charge on any atom is 0.166 e. The van der Waals surface area contributed by atoms with E-state index >= 15 is 0 Å².